The van der Waals surface area contributed by atoms with E-state index in [0.29, 0.717) is 11.5 Å². The lowest BCUT2D eigenvalue weighted by Gasteiger charge is -2.32. The van der Waals surface area contributed by atoms with Gasteiger partial charge in [0, 0.05) is 6.54 Å². The molecule has 0 atom stereocenters. The third kappa shape index (κ3) is 3.95. The molecule has 0 amide bonds. The van der Waals surface area contributed by atoms with Crippen LogP contribution in [0.3, 0.4) is 0 Å². The summed E-state index contributed by atoms with van der Waals surface area (Å²) in [5.41, 5.74) is 3.53. The number of rotatable bonds is 4. The molecule has 1 fully saturated rings. The molecule has 0 saturated carbocycles. The molecule has 1 saturated heterocycles. The quantitative estimate of drug-likeness (QED) is 0.794. The number of carbonyl (C=O) groups is 1. The molecule has 0 aromatic heterocycles. The van der Waals surface area contributed by atoms with Gasteiger partial charge in [-0.25, -0.2) is 4.79 Å². The first-order valence-corrected chi connectivity index (χ1v) is 7.99. The summed E-state index contributed by atoms with van der Waals surface area (Å²) >= 11 is 0. The maximum Gasteiger partial charge on any atom is 0.491 e. The summed E-state index contributed by atoms with van der Waals surface area (Å²) in [4.78, 5) is 11.4. The Labute approximate surface area is 150 Å². The Morgan fingerprint density at radius 2 is 1.77 bits per heavy atom. The Morgan fingerprint density at radius 1 is 1.23 bits per heavy atom. The largest absolute Gasteiger partial charge is 0.491 e. The van der Waals surface area contributed by atoms with Gasteiger partial charge in [-0.2, -0.15) is 13.2 Å². The zero-order valence-corrected chi connectivity index (χ0v) is 15.0. The van der Waals surface area contributed by atoms with Crippen LogP contribution in [0.2, 0.25) is 0 Å². The van der Waals surface area contributed by atoms with Crippen LogP contribution in [0.25, 0.3) is 6.08 Å². The molecule has 0 bridgehead atoms. The molecule has 1 aliphatic rings. The number of halogens is 3. The molecule has 3 N–H and O–H groups in total. The lowest BCUT2D eigenvalue weighted by molar-refractivity contribution is -0.137. The zero-order valence-electron chi connectivity index (χ0n) is 15.0. The van der Waals surface area contributed by atoms with Crippen molar-refractivity contribution in [1.82, 2.24) is 0 Å². The fraction of sp³-hybridized carbons (Fsp3) is 0.471. The van der Waals surface area contributed by atoms with Crippen LogP contribution in [0.1, 0.15) is 49.2 Å². The average Bonchev–Trinajstić information content (AvgIpc) is 2.71. The number of nitrogens with two attached hydrogens (primary N) is 1. The molecule has 1 aromatic rings. The minimum absolute atomic E-state index is 0.00307. The summed E-state index contributed by atoms with van der Waals surface area (Å²) < 4.78 is 50.3. The molecule has 0 aliphatic carbocycles. The number of benzene rings is 1. The van der Waals surface area contributed by atoms with Crippen molar-refractivity contribution in [1.29, 1.82) is 0 Å². The number of aromatic carboxylic acids is 1. The van der Waals surface area contributed by atoms with Gasteiger partial charge < -0.3 is 20.1 Å². The van der Waals surface area contributed by atoms with E-state index >= 15 is 0 Å². The number of alkyl halides is 3. The molecule has 2 rings (SSSR count). The van der Waals surface area contributed by atoms with Crippen molar-refractivity contribution in [2.24, 2.45) is 5.73 Å². The van der Waals surface area contributed by atoms with Gasteiger partial charge >= 0.3 is 19.3 Å². The van der Waals surface area contributed by atoms with Crippen molar-refractivity contribution >= 4 is 19.2 Å². The van der Waals surface area contributed by atoms with E-state index in [9.17, 15) is 23.1 Å². The normalized spacial score (nSPS) is 19.7. The van der Waals surface area contributed by atoms with Crippen LogP contribution < -0.4 is 5.73 Å². The van der Waals surface area contributed by atoms with Crippen LogP contribution in [-0.2, 0) is 15.5 Å². The number of carboxylic acid groups (broad SMARTS) is 1. The first-order chi connectivity index (χ1) is 11.8. The van der Waals surface area contributed by atoms with Crippen molar-refractivity contribution < 1.29 is 32.4 Å². The minimum atomic E-state index is -4.63. The van der Waals surface area contributed by atoms with Gasteiger partial charge in [0.15, 0.2) is 0 Å². The van der Waals surface area contributed by atoms with E-state index in [0.717, 1.165) is 12.1 Å². The van der Waals surface area contributed by atoms with E-state index in [-0.39, 0.29) is 12.1 Å². The number of hydrogen-bond donors (Lipinski definition) is 2. The smallest absolute Gasteiger partial charge is 0.478 e. The van der Waals surface area contributed by atoms with Gasteiger partial charge in [0.05, 0.1) is 22.3 Å². The van der Waals surface area contributed by atoms with Crippen LogP contribution >= 0.6 is 0 Å². The fourth-order valence-electron chi connectivity index (χ4n) is 2.46. The van der Waals surface area contributed by atoms with Crippen molar-refractivity contribution in [2.45, 2.75) is 45.1 Å². The Hall–Kier alpha value is -1.84. The molecule has 0 radical (unpaired) electrons. The van der Waals surface area contributed by atoms with Gasteiger partial charge in [0.2, 0.25) is 0 Å². The summed E-state index contributed by atoms with van der Waals surface area (Å²) in [6.07, 6.45) is -3.22. The molecule has 5 nitrogen and oxygen atoms in total. The molecule has 26 heavy (non-hydrogen) atoms. The predicted octanol–water partition coefficient (Wildman–Crippen LogP) is 3.38. The van der Waals surface area contributed by atoms with Crippen molar-refractivity contribution in [2.75, 3.05) is 6.54 Å². The van der Waals surface area contributed by atoms with Crippen molar-refractivity contribution in [3.63, 3.8) is 0 Å². The monoisotopic (exact) mass is 371 g/mol. The van der Waals surface area contributed by atoms with E-state index in [1.807, 2.05) is 27.7 Å². The van der Waals surface area contributed by atoms with Gasteiger partial charge in [-0.3, -0.25) is 0 Å². The molecule has 1 aliphatic heterocycles. The van der Waals surface area contributed by atoms with Crippen LogP contribution in [0.4, 0.5) is 13.2 Å². The Kier molecular flexibility index (Phi) is 5.29. The highest BCUT2D eigenvalue weighted by atomic mass is 19.4. The summed E-state index contributed by atoms with van der Waals surface area (Å²) in [5.74, 6) is -1.47. The number of hydrogen-bond acceptors (Lipinski definition) is 4. The van der Waals surface area contributed by atoms with Gasteiger partial charge in [-0.15, -0.1) is 0 Å². The maximum atomic E-state index is 12.8. The lowest BCUT2D eigenvalue weighted by atomic mass is 9.76. The second-order valence-corrected chi connectivity index (χ2v) is 7.12. The van der Waals surface area contributed by atoms with Crippen LogP contribution in [0.15, 0.2) is 23.7 Å². The molecule has 0 spiro atoms. The van der Waals surface area contributed by atoms with Crippen LogP contribution in [0.5, 0.6) is 0 Å². The molecule has 142 valence electrons. The van der Waals surface area contributed by atoms with Crippen LogP contribution in [-0.4, -0.2) is 35.9 Å². The summed E-state index contributed by atoms with van der Waals surface area (Å²) in [7, 11) is -0.811. The molecule has 0 unspecified atom stereocenters. The van der Waals surface area contributed by atoms with Crippen LogP contribution in [0, 0.1) is 0 Å². The molecular weight excluding hydrogens is 350 g/mol. The minimum Gasteiger partial charge on any atom is -0.478 e. The highest BCUT2D eigenvalue weighted by molar-refractivity contribution is 6.56. The van der Waals surface area contributed by atoms with E-state index in [1.165, 1.54) is 6.08 Å². The summed E-state index contributed by atoms with van der Waals surface area (Å²) in [6, 6.07) is 2.54. The topological polar surface area (TPSA) is 81.8 Å². The molecule has 9 heteroatoms. The fourth-order valence-corrected chi connectivity index (χ4v) is 2.46. The lowest BCUT2D eigenvalue weighted by Crippen LogP contribution is -2.41. The first kappa shape index (κ1) is 20.5. The van der Waals surface area contributed by atoms with E-state index in [1.54, 1.807) is 0 Å². The Morgan fingerprint density at radius 3 is 2.19 bits per heavy atom. The van der Waals surface area contributed by atoms with Gasteiger partial charge in [-0.05, 0) is 50.9 Å². The predicted molar refractivity (Wildman–Crippen MR) is 91.5 cm³/mol. The average molecular weight is 371 g/mol. The number of carboxylic acids is 1. The Bertz CT molecular complexity index is 728. The molecule has 1 aromatic carbocycles. The first-order valence-electron chi connectivity index (χ1n) is 7.99. The highest BCUT2D eigenvalue weighted by Crippen LogP contribution is 2.39. The second kappa shape index (κ2) is 6.72. The zero-order chi connectivity index (χ0) is 19.9. The standard InChI is InChI=1S/C17H21BF3NO4/c1-15(2)16(3,4)26-18(25-15)12(9-22)7-10-5-6-11(17(19,20)21)8-13(10)14(23)24/h5-8H,9,22H2,1-4H3,(H,23,24). The van der Waals surface area contributed by atoms with E-state index in [4.69, 9.17) is 15.0 Å². The second-order valence-electron chi connectivity index (χ2n) is 7.12. The van der Waals surface area contributed by atoms with Crippen molar-refractivity contribution in [3.05, 3.63) is 40.4 Å². The van der Waals surface area contributed by atoms with E-state index < -0.39 is 41.6 Å². The SMILES string of the molecule is CC1(C)OB(C(=Cc2ccc(C(F)(F)F)cc2C(=O)O)CN)OC1(C)C. The van der Waals surface area contributed by atoms with Gasteiger partial charge in [-0.1, -0.05) is 12.1 Å². The molecular formula is C17H21BF3NO4. The third-order valence-corrected chi connectivity index (χ3v) is 4.74. The maximum absolute atomic E-state index is 12.8. The highest BCUT2D eigenvalue weighted by Gasteiger charge is 2.52. The summed E-state index contributed by atoms with van der Waals surface area (Å²) in [5, 5.41) is 9.28. The summed E-state index contributed by atoms with van der Waals surface area (Å²) in [6.45, 7) is 7.39. The Balaban J connectivity index is 2.45. The third-order valence-electron chi connectivity index (χ3n) is 4.74. The van der Waals surface area contributed by atoms with Gasteiger partial charge in [0.1, 0.15) is 0 Å². The van der Waals surface area contributed by atoms with Crippen molar-refractivity contribution in [3.8, 4) is 0 Å². The van der Waals surface area contributed by atoms with Gasteiger partial charge in [0.25, 0.3) is 0 Å². The molecule has 1 heterocycles. The van der Waals surface area contributed by atoms with E-state index in [2.05, 4.69) is 0 Å².